The van der Waals surface area contributed by atoms with Crippen LogP contribution < -0.4 is 0 Å². The first-order chi connectivity index (χ1) is 6.35. The van der Waals surface area contributed by atoms with E-state index in [0.29, 0.717) is 4.32 Å². The molecule has 0 bridgehead atoms. The highest BCUT2D eigenvalue weighted by molar-refractivity contribution is 8.10. The third-order valence-corrected chi connectivity index (χ3v) is 3.96. The van der Waals surface area contributed by atoms with Crippen LogP contribution in [-0.2, 0) is 0 Å². The fraction of sp³-hybridized carbons (Fsp3) is 0.800. The first-order valence-electron chi connectivity index (χ1n) is 4.77. The molecule has 1 rings (SSSR count). The third-order valence-electron chi connectivity index (χ3n) is 3.50. The van der Waals surface area contributed by atoms with Crippen molar-refractivity contribution in [3.05, 3.63) is 0 Å². The van der Waals surface area contributed by atoms with Gasteiger partial charge in [-0.25, -0.2) is 0 Å². The van der Waals surface area contributed by atoms with E-state index in [1.54, 1.807) is 0 Å². The summed E-state index contributed by atoms with van der Waals surface area (Å²) in [6.45, 7) is 6.96. The quantitative estimate of drug-likeness (QED) is 0.552. The minimum atomic E-state index is -0.393. The Labute approximate surface area is 96.7 Å². The van der Waals surface area contributed by atoms with Gasteiger partial charge in [-0.3, -0.25) is 0 Å². The molecule has 0 aromatic carbocycles. The molecule has 4 heteroatoms. The molecule has 0 aromatic rings. The van der Waals surface area contributed by atoms with Crippen molar-refractivity contribution < 1.29 is 0 Å². The predicted molar refractivity (Wildman–Crippen MR) is 65.3 cm³/mol. The smallest absolute Gasteiger partial charge is 0.133 e. The number of hydrogen-bond acceptors (Lipinski definition) is 2. The molecule has 1 aliphatic heterocycles. The molecule has 0 saturated carbocycles. The molecule has 1 heterocycles. The molecule has 1 fully saturated rings. The molecule has 0 aromatic heterocycles. The maximum atomic E-state index is 9.17. The van der Waals surface area contributed by atoms with Crippen molar-refractivity contribution in [2.45, 2.75) is 39.2 Å². The van der Waals surface area contributed by atoms with Crippen molar-refractivity contribution in [1.29, 1.82) is 5.26 Å². The molecular formula is C10H16N2S2. The van der Waals surface area contributed by atoms with Crippen molar-refractivity contribution in [1.82, 2.24) is 4.90 Å². The Bertz CT molecular complexity index is 293. The summed E-state index contributed by atoms with van der Waals surface area (Å²) >= 11 is 9.33. The average Bonchev–Trinajstić information content (AvgIpc) is 2.49. The van der Waals surface area contributed by atoms with Gasteiger partial charge in [0.2, 0.25) is 0 Å². The van der Waals surface area contributed by atoms with Gasteiger partial charge < -0.3 is 4.90 Å². The second-order valence-corrected chi connectivity index (χ2v) is 5.66. The van der Waals surface area contributed by atoms with Crippen LogP contribution in [0.5, 0.6) is 0 Å². The van der Waals surface area contributed by atoms with Crippen LogP contribution in [0.2, 0.25) is 0 Å². The summed E-state index contributed by atoms with van der Waals surface area (Å²) in [6, 6.07) is 2.37. The largest absolute Gasteiger partial charge is 0.351 e. The Kier molecular flexibility index (Phi) is 3.13. The van der Waals surface area contributed by atoms with Gasteiger partial charge in [0.05, 0.1) is 17.0 Å². The highest BCUT2D eigenvalue weighted by atomic mass is 32.1. The maximum absolute atomic E-state index is 9.17. The lowest BCUT2D eigenvalue weighted by Crippen LogP contribution is -2.52. The lowest BCUT2D eigenvalue weighted by Gasteiger charge is -2.44. The zero-order valence-electron chi connectivity index (χ0n) is 8.87. The van der Waals surface area contributed by atoms with E-state index in [2.05, 4.69) is 30.5 Å². The van der Waals surface area contributed by atoms with Gasteiger partial charge in [0.1, 0.15) is 4.32 Å². The molecule has 0 spiro atoms. The first-order valence-corrected chi connectivity index (χ1v) is 5.62. The molecule has 1 unspecified atom stereocenters. The number of nitrogens with zero attached hydrogens (tertiary/aromatic N) is 2. The number of nitriles is 1. The van der Waals surface area contributed by atoms with E-state index >= 15 is 0 Å². The molecule has 1 aliphatic rings. The van der Waals surface area contributed by atoms with Crippen LogP contribution in [-0.4, -0.2) is 21.3 Å². The molecule has 14 heavy (non-hydrogen) atoms. The maximum Gasteiger partial charge on any atom is 0.133 e. The average molecular weight is 228 g/mol. The lowest BCUT2D eigenvalue weighted by atomic mass is 9.73. The summed E-state index contributed by atoms with van der Waals surface area (Å²) < 4.78 is 0.605. The number of rotatable bonds is 1. The summed E-state index contributed by atoms with van der Waals surface area (Å²) in [4.78, 5) is 2.08. The molecular weight excluding hydrogens is 212 g/mol. The van der Waals surface area contributed by atoms with E-state index in [1.165, 1.54) is 0 Å². The van der Waals surface area contributed by atoms with Crippen LogP contribution in [0.1, 0.15) is 33.6 Å². The fourth-order valence-electron chi connectivity index (χ4n) is 2.04. The second kappa shape index (κ2) is 3.71. The number of likely N-dealkylation sites (tertiary alicyclic amines) is 1. The van der Waals surface area contributed by atoms with Crippen molar-refractivity contribution in [3.8, 4) is 6.07 Å². The van der Waals surface area contributed by atoms with E-state index in [9.17, 15) is 5.26 Å². The van der Waals surface area contributed by atoms with Crippen molar-refractivity contribution >= 4 is 29.2 Å². The predicted octanol–water partition coefficient (Wildman–Crippen LogP) is 2.61. The molecule has 0 radical (unpaired) electrons. The van der Waals surface area contributed by atoms with E-state index < -0.39 is 5.41 Å². The van der Waals surface area contributed by atoms with Gasteiger partial charge in [0.25, 0.3) is 0 Å². The minimum Gasteiger partial charge on any atom is -0.351 e. The first kappa shape index (κ1) is 11.8. The summed E-state index contributed by atoms with van der Waals surface area (Å²) in [5.41, 5.74) is -0.559. The molecule has 78 valence electrons. The highest BCUT2D eigenvalue weighted by Crippen LogP contribution is 2.43. The molecule has 1 saturated heterocycles. The highest BCUT2D eigenvalue weighted by Gasteiger charge is 2.49. The second-order valence-electron chi connectivity index (χ2n) is 4.55. The Balaban J connectivity index is 3.05. The van der Waals surface area contributed by atoms with Crippen LogP contribution >= 0.6 is 24.8 Å². The van der Waals surface area contributed by atoms with Gasteiger partial charge in [-0.2, -0.15) is 5.26 Å². The summed E-state index contributed by atoms with van der Waals surface area (Å²) in [5.74, 6) is 0. The van der Waals surface area contributed by atoms with Crippen molar-refractivity contribution in [2.24, 2.45) is 5.41 Å². The Hall–Kier alpha value is -0.270. The Morgan fingerprint density at radius 1 is 1.64 bits per heavy atom. The fourth-order valence-corrected chi connectivity index (χ4v) is 2.65. The van der Waals surface area contributed by atoms with Crippen LogP contribution in [0.4, 0.5) is 0 Å². The molecule has 0 amide bonds. The van der Waals surface area contributed by atoms with Gasteiger partial charge in [0.15, 0.2) is 0 Å². The van der Waals surface area contributed by atoms with Gasteiger partial charge in [0, 0.05) is 6.54 Å². The van der Waals surface area contributed by atoms with Crippen molar-refractivity contribution in [3.63, 3.8) is 0 Å². The number of thiocarbonyl (C=S) groups is 1. The van der Waals surface area contributed by atoms with Gasteiger partial charge in [-0.05, 0) is 33.6 Å². The third kappa shape index (κ3) is 1.64. The topological polar surface area (TPSA) is 27.0 Å². The molecule has 1 atom stereocenters. The Morgan fingerprint density at radius 2 is 2.21 bits per heavy atom. The zero-order valence-corrected chi connectivity index (χ0v) is 10.6. The minimum absolute atomic E-state index is 0.166. The molecule has 2 nitrogen and oxygen atoms in total. The standard InChI is InChI=1S/C10H16N2S2/c1-9(2,7-11)10(3)5-4-6-12(10)8(13)14/h4-6H2,1-3H3,(H,13,14). The van der Waals surface area contributed by atoms with E-state index in [0.717, 1.165) is 19.4 Å². The van der Waals surface area contributed by atoms with Crippen molar-refractivity contribution in [2.75, 3.05) is 6.54 Å². The normalized spacial score (nSPS) is 27.5. The monoisotopic (exact) mass is 228 g/mol. The van der Waals surface area contributed by atoms with Gasteiger partial charge in [-0.1, -0.05) is 12.2 Å². The van der Waals surface area contributed by atoms with Crippen LogP contribution in [0.3, 0.4) is 0 Å². The Morgan fingerprint density at radius 3 is 2.64 bits per heavy atom. The summed E-state index contributed by atoms with van der Waals surface area (Å²) in [6.07, 6.45) is 2.09. The SMILES string of the molecule is CC(C)(C#N)C1(C)CCCN1C(=S)S. The number of thiol groups is 1. The van der Waals surface area contributed by atoms with E-state index in [4.69, 9.17) is 12.2 Å². The van der Waals surface area contributed by atoms with Gasteiger partial charge >= 0.3 is 0 Å². The van der Waals surface area contributed by atoms with Crippen LogP contribution in [0.15, 0.2) is 0 Å². The van der Waals surface area contributed by atoms with Crippen LogP contribution in [0.25, 0.3) is 0 Å². The lowest BCUT2D eigenvalue weighted by molar-refractivity contribution is 0.134. The molecule has 0 N–H and O–H groups in total. The van der Waals surface area contributed by atoms with Crippen LogP contribution in [0, 0.1) is 16.7 Å². The number of hydrogen-bond donors (Lipinski definition) is 1. The van der Waals surface area contributed by atoms with Gasteiger partial charge in [-0.15, -0.1) is 12.6 Å². The van der Waals surface area contributed by atoms with E-state index in [-0.39, 0.29) is 5.54 Å². The molecule has 0 aliphatic carbocycles. The zero-order chi connectivity index (χ0) is 11.0. The summed E-state index contributed by atoms with van der Waals surface area (Å²) in [7, 11) is 0. The van der Waals surface area contributed by atoms with E-state index in [1.807, 2.05) is 13.8 Å². The summed E-state index contributed by atoms with van der Waals surface area (Å²) in [5, 5.41) is 9.17.